The van der Waals surface area contributed by atoms with Crippen molar-refractivity contribution in [2.45, 2.75) is 19.6 Å². The highest BCUT2D eigenvalue weighted by atomic mass is 127. The van der Waals surface area contributed by atoms with Crippen LogP contribution in [0.4, 0.5) is 0 Å². The Balaban J connectivity index is 0. The molecule has 0 amide bonds. The highest BCUT2D eigenvalue weighted by Crippen LogP contribution is 1.68. The maximum Gasteiger partial charge on any atom is 0.0379 e. The third kappa shape index (κ3) is 47.9. The first kappa shape index (κ1) is 9.34. The summed E-state index contributed by atoms with van der Waals surface area (Å²) in [5, 5.41) is 0. The molecule has 0 heterocycles. The Labute approximate surface area is 52.6 Å². The lowest BCUT2D eigenvalue weighted by atomic mass is 11.8. The van der Waals surface area contributed by atoms with Crippen molar-refractivity contribution in [1.29, 1.82) is 0 Å². The third-order valence-corrected chi connectivity index (χ3v) is 0. The van der Waals surface area contributed by atoms with Crippen molar-refractivity contribution in [1.82, 2.24) is 0 Å². The molecule has 0 unspecified atom stereocenters. The monoisotopic (exact) mass is 201 g/mol. The van der Waals surface area contributed by atoms with Crippen molar-refractivity contribution >= 4 is 32.8 Å². The zero-order chi connectivity index (χ0) is 3.58. The number of rotatable bonds is 0. The van der Waals surface area contributed by atoms with Crippen LogP contribution in [0.2, 0.25) is 19.6 Å². The summed E-state index contributed by atoms with van der Waals surface area (Å²) in [4.78, 5) is 0. The fourth-order valence-electron chi connectivity index (χ4n) is 0. The Morgan fingerprint density at radius 3 is 1.00 bits per heavy atom. The van der Waals surface area contributed by atoms with Crippen LogP contribution in [0.3, 0.4) is 0 Å². The largest absolute Gasteiger partial charge is 0.107 e. The van der Waals surface area contributed by atoms with Gasteiger partial charge < -0.3 is 0 Å². The number of halogens is 1. The van der Waals surface area contributed by atoms with Crippen LogP contribution in [-0.2, 0) is 0 Å². The second-order valence-corrected chi connectivity index (χ2v) is 4.50. The Kier molecular flexibility index (Phi) is 9.24. The molecule has 0 aromatic heterocycles. The van der Waals surface area contributed by atoms with Crippen LogP contribution in [0.25, 0.3) is 0 Å². The molecule has 0 bridgehead atoms. The summed E-state index contributed by atoms with van der Waals surface area (Å²) in [5.74, 6) is 0. The van der Waals surface area contributed by atoms with E-state index < -0.39 is 0 Å². The summed E-state index contributed by atoms with van der Waals surface area (Å²) in [6.07, 6.45) is 0. The van der Waals surface area contributed by atoms with Crippen molar-refractivity contribution in [2.24, 2.45) is 0 Å². The van der Waals surface area contributed by atoms with Crippen molar-refractivity contribution < 1.29 is 0 Å². The average molecular weight is 201 g/mol. The molecule has 0 saturated heterocycles. The van der Waals surface area contributed by atoms with Gasteiger partial charge in [0.25, 0.3) is 0 Å². The molecule has 0 fully saturated rings. The molecule has 0 spiro atoms. The molecule has 0 N–H and O–H groups in total. The Morgan fingerprint density at radius 1 is 1.00 bits per heavy atom. The Bertz CT molecular complexity index is 11.6. The smallest absolute Gasteiger partial charge is 0.0379 e. The first-order valence-corrected chi connectivity index (χ1v) is 4.50. The predicted octanol–water partition coefficient (Wildman–Crippen LogP) is 1.99. The maximum atomic E-state index is 2.27. The fraction of sp³-hybridized carbons (Fsp3) is 1.00. The van der Waals surface area contributed by atoms with Crippen molar-refractivity contribution in [3.05, 3.63) is 0 Å². The Morgan fingerprint density at radius 2 is 1.00 bits per heavy atom. The molecule has 0 aliphatic rings. The molecule has 0 aromatic carbocycles. The fourth-order valence-corrected chi connectivity index (χ4v) is 0. The van der Waals surface area contributed by atoms with Gasteiger partial charge in [0.2, 0.25) is 0 Å². The lowest BCUT2D eigenvalue weighted by molar-refractivity contribution is 1.91. The summed E-state index contributed by atoms with van der Waals surface area (Å²) in [6.45, 7) is 6.81. The summed E-state index contributed by atoms with van der Waals surface area (Å²) in [6, 6.07) is 0. The molecule has 0 aromatic rings. The van der Waals surface area contributed by atoms with Crippen LogP contribution in [0, 0.1) is 0 Å². The van der Waals surface area contributed by atoms with E-state index in [-0.39, 0.29) is 32.8 Å². The molecule has 0 aliphatic heterocycles. The summed E-state index contributed by atoms with van der Waals surface area (Å²) >= 11 is 0. The molecule has 2 heteroatoms. The SMILES string of the molecule is C[Si](C)C.I. The van der Waals surface area contributed by atoms with E-state index in [4.69, 9.17) is 0 Å². The van der Waals surface area contributed by atoms with E-state index in [9.17, 15) is 0 Å². The van der Waals surface area contributed by atoms with Crippen LogP contribution >= 0.6 is 24.0 Å². The van der Waals surface area contributed by atoms with E-state index in [2.05, 4.69) is 19.6 Å². The van der Waals surface area contributed by atoms with Crippen LogP contribution in [0.15, 0.2) is 0 Å². The van der Waals surface area contributed by atoms with Gasteiger partial charge >= 0.3 is 0 Å². The lowest BCUT2D eigenvalue weighted by Crippen LogP contribution is -1.84. The van der Waals surface area contributed by atoms with Gasteiger partial charge in [0.05, 0.1) is 0 Å². The predicted molar refractivity (Wildman–Crippen MR) is 38.8 cm³/mol. The summed E-state index contributed by atoms with van der Waals surface area (Å²) < 4.78 is 0. The highest BCUT2D eigenvalue weighted by molar-refractivity contribution is 14.0. The molecule has 0 rings (SSSR count). The van der Waals surface area contributed by atoms with E-state index in [1.54, 1.807) is 0 Å². The van der Waals surface area contributed by atoms with Crippen LogP contribution in [-0.4, -0.2) is 8.80 Å². The van der Waals surface area contributed by atoms with Gasteiger partial charge in [-0.15, -0.1) is 24.0 Å². The number of hydrogen-bond acceptors (Lipinski definition) is 0. The first-order chi connectivity index (χ1) is 1.73. The van der Waals surface area contributed by atoms with E-state index in [0.717, 1.165) is 0 Å². The van der Waals surface area contributed by atoms with E-state index in [1.807, 2.05) is 0 Å². The van der Waals surface area contributed by atoms with E-state index in [0.29, 0.717) is 0 Å². The summed E-state index contributed by atoms with van der Waals surface area (Å²) in [7, 11) is 0.120. The molecule has 33 valence electrons. The maximum absolute atomic E-state index is 2.27. The molecule has 1 radical (unpaired) electrons. The molecule has 0 saturated carbocycles. The van der Waals surface area contributed by atoms with Gasteiger partial charge in [0.1, 0.15) is 0 Å². The van der Waals surface area contributed by atoms with Crippen LogP contribution in [0.1, 0.15) is 0 Å². The van der Waals surface area contributed by atoms with Crippen LogP contribution < -0.4 is 0 Å². The van der Waals surface area contributed by atoms with Crippen LogP contribution in [0.5, 0.6) is 0 Å². The average Bonchev–Trinajstić information content (AvgIpc) is 0.811. The number of hydrogen-bond donors (Lipinski definition) is 0. The molecule has 5 heavy (non-hydrogen) atoms. The third-order valence-electron chi connectivity index (χ3n) is 0. The Hall–Kier alpha value is 0.947. The molecule has 0 nitrogen and oxygen atoms in total. The van der Waals surface area contributed by atoms with Crippen molar-refractivity contribution in [2.75, 3.05) is 0 Å². The topological polar surface area (TPSA) is 0 Å². The van der Waals surface area contributed by atoms with Gasteiger partial charge in [-0.25, -0.2) is 0 Å². The van der Waals surface area contributed by atoms with Crippen molar-refractivity contribution in [3.63, 3.8) is 0 Å². The minimum absolute atomic E-state index is 0. The zero-order valence-corrected chi connectivity index (χ0v) is 7.24. The lowest BCUT2D eigenvalue weighted by Gasteiger charge is -1.75. The summed E-state index contributed by atoms with van der Waals surface area (Å²) in [5.41, 5.74) is 0. The molecular formula is C3H10ISi. The van der Waals surface area contributed by atoms with Gasteiger partial charge in [-0.3, -0.25) is 0 Å². The molecule has 0 atom stereocenters. The zero-order valence-electron chi connectivity index (χ0n) is 3.91. The first-order valence-electron chi connectivity index (χ1n) is 1.50. The van der Waals surface area contributed by atoms with E-state index in [1.165, 1.54) is 0 Å². The minimum atomic E-state index is 0. The minimum Gasteiger partial charge on any atom is -0.107 e. The normalized spacial score (nSPS) is 7.20. The van der Waals surface area contributed by atoms with Gasteiger partial charge in [0.15, 0.2) is 0 Å². The van der Waals surface area contributed by atoms with Gasteiger partial charge in [0, 0.05) is 8.80 Å². The highest BCUT2D eigenvalue weighted by Gasteiger charge is 1.72. The molecular weight excluding hydrogens is 191 g/mol. The second kappa shape index (κ2) is 4.95. The van der Waals surface area contributed by atoms with E-state index >= 15 is 0 Å². The van der Waals surface area contributed by atoms with Gasteiger partial charge in [-0.1, -0.05) is 19.6 Å². The second-order valence-electron chi connectivity index (χ2n) is 1.50. The standard InChI is InChI=1S/C3H9Si.HI/c1-4(2)3;/h1-3H3;1H. The van der Waals surface area contributed by atoms with Gasteiger partial charge in [-0.2, -0.15) is 0 Å². The van der Waals surface area contributed by atoms with Gasteiger partial charge in [-0.05, 0) is 0 Å². The quantitative estimate of drug-likeness (QED) is 0.415. The molecule has 0 aliphatic carbocycles. The van der Waals surface area contributed by atoms with Crippen molar-refractivity contribution in [3.8, 4) is 0 Å².